The molecule has 220 valence electrons. The summed E-state index contributed by atoms with van der Waals surface area (Å²) < 4.78 is 99.0. The number of aliphatic imine (C=N–C) groups is 1. The Balaban J connectivity index is 0.000000241. The van der Waals surface area contributed by atoms with Crippen molar-refractivity contribution in [3.05, 3.63) is 93.8 Å². The summed E-state index contributed by atoms with van der Waals surface area (Å²) in [5.41, 5.74) is -3.66. The zero-order chi connectivity index (χ0) is 30.8. The van der Waals surface area contributed by atoms with Gasteiger partial charge in [-0.1, -0.05) is 48.0 Å². The highest BCUT2D eigenvalue weighted by atomic mass is 35.5. The van der Waals surface area contributed by atoms with Gasteiger partial charge in [0.1, 0.15) is 5.57 Å². The Morgan fingerprint density at radius 2 is 1.56 bits per heavy atom. The second-order valence-electron chi connectivity index (χ2n) is 8.73. The third-order valence-corrected chi connectivity index (χ3v) is 7.21. The molecule has 3 aromatic rings. The lowest BCUT2D eigenvalue weighted by molar-refractivity contribution is -0.143. The third-order valence-electron chi connectivity index (χ3n) is 5.64. The number of carboxylic acids is 1. The molecule has 15 heteroatoms. The van der Waals surface area contributed by atoms with Gasteiger partial charge in [0.05, 0.1) is 16.8 Å². The molecule has 0 aliphatic carbocycles. The SMILES string of the molecule is CS(=O)(=O)C1N=CC(C(=O)O)=C(c2cccc3ccccc23)N1Cl.C[N-]Cc1cc(C(F)(F)F)cc(C(F)(F)F)c1. The monoisotopic (exact) mass is 620 g/mol. The highest BCUT2D eigenvalue weighted by molar-refractivity contribution is 7.91. The normalized spacial score (nSPS) is 16.0. The zero-order valence-corrected chi connectivity index (χ0v) is 22.8. The van der Waals surface area contributed by atoms with E-state index in [-0.39, 0.29) is 29.4 Å². The van der Waals surface area contributed by atoms with E-state index < -0.39 is 44.8 Å². The standard InChI is InChI=1S/C16H13ClN2O4S.C10H8F6N/c1-24(22,23)16-18-9-13(15(20)21)14(19(16)17)12-8-4-6-10-5-2-3-7-11(10)12;1-17-5-6-2-7(9(11,12)13)4-8(3-6)10(14,15)16/h2-9,16H,1H3,(H,20,21);2-4H,5H2,1H3/q;-1. The van der Waals surface area contributed by atoms with Crippen LogP contribution in [0.4, 0.5) is 26.3 Å². The minimum atomic E-state index is -4.80. The number of aliphatic carboxylic acids is 1. The highest BCUT2D eigenvalue weighted by Gasteiger charge is 2.37. The molecule has 0 bridgehead atoms. The Morgan fingerprint density at radius 1 is 1.00 bits per heavy atom. The van der Waals surface area contributed by atoms with Gasteiger partial charge in [-0.05, 0) is 29.0 Å². The lowest BCUT2D eigenvalue weighted by atomic mass is 9.99. The quantitative estimate of drug-likeness (QED) is 0.252. The van der Waals surface area contributed by atoms with Crippen molar-refractivity contribution in [3.8, 4) is 0 Å². The van der Waals surface area contributed by atoms with Gasteiger partial charge in [0.15, 0.2) is 9.84 Å². The third kappa shape index (κ3) is 7.57. The van der Waals surface area contributed by atoms with E-state index in [9.17, 15) is 44.7 Å². The number of benzene rings is 3. The topological polar surface area (TPSA) is 101 Å². The van der Waals surface area contributed by atoms with Gasteiger partial charge in [-0.15, -0.1) is 6.54 Å². The van der Waals surface area contributed by atoms with Gasteiger partial charge in [0.25, 0.3) is 0 Å². The average Bonchev–Trinajstić information content (AvgIpc) is 2.87. The van der Waals surface area contributed by atoms with E-state index in [0.29, 0.717) is 17.7 Å². The van der Waals surface area contributed by atoms with Gasteiger partial charge < -0.3 is 10.4 Å². The Bertz CT molecular complexity index is 1580. The van der Waals surface area contributed by atoms with E-state index in [4.69, 9.17) is 11.8 Å². The van der Waals surface area contributed by atoms with Crippen molar-refractivity contribution in [1.29, 1.82) is 0 Å². The van der Waals surface area contributed by atoms with Gasteiger partial charge in [-0.25, -0.2) is 17.6 Å². The van der Waals surface area contributed by atoms with Crippen LogP contribution in [-0.4, -0.2) is 48.9 Å². The number of nitrogens with zero attached hydrogens (tertiary/aromatic N) is 3. The molecule has 0 amide bonds. The molecule has 0 spiro atoms. The Labute approximate surface area is 235 Å². The molecule has 4 rings (SSSR count). The van der Waals surface area contributed by atoms with E-state index in [2.05, 4.69) is 10.3 Å². The summed E-state index contributed by atoms with van der Waals surface area (Å²) in [6.45, 7) is -0.188. The summed E-state index contributed by atoms with van der Waals surface area (Å²) in [7, 11) is -2.34. The second-order valence-corrected chi connectivity index (χ2v) is 11.2. The number of halogens is 7. The van der Waals surface area contributed by atoms with Crippen LogP contribution in [-0.2, 0) is 33.5 Å². The molecule has 0 radical (unpaired) electrons. The van der Waals surface area contributed by atoms with Crippen molar-refractivity contribution in [2.24, 2.45) is 4.99 Å². The predicted octanol–water partition coefficient (Wildman–Crippen LogP) is 6.73. The molecule has 3 aromatic carbocycles. The number of hydrogen-bond acceptors (Lipinski definition) is 5. The van der Waals surface area contributed by atoms with Gasteiger partial charge >= 0.3 is 18.3 Å². The zero-order valence-electron chi connectivity index (χ0n) is 21.2. The maximum Gasteiger partial charge on any atom is 0.416 e. The molecule has 7 nitrogen and oxygen atoms in total. The van der Waals surface area contributed by atoms with Crippen LogP contribution in [0.1, 0.15) is 22.3 Å². The molecule has 1 N–H and O–H groups in total. The lowest BCUT2D eigenvalue weighted by Gasteiger charge is -2.29. The largest absolute Gasteiger partial charge is 0.661 e. The van der Waals surface area contributed by atoms with Crippen LogP contribution in [0.2, 0.25) is 0 Å². The molecule has 0 fully saturated rings. The fourth-order valence-electron chi connectivity index (χ4n) is 3.90. The van der Waals surface area contributed by atoms with Crippen LogP contribution in [0.5, 0.6) is 0 Å². The maximum absolute atomic E-state index is 12.4. The lowest BCUT2D eigenvalue weighted by Crippen LogP contribution is -2.36. The summed E-state index contributed by atoms with van der Waals surface area (Å²) in [5.74, 6) is -1.24. The summed E-state index contributed by atoms with van der Waals surface area (Å²) >= 11 is 6.23. The number of fused-ring (bicyclic) bond motifs is 1. The minimum absolute atomic E-state index is 0.0964. The van der Waals surface area contributed by atoms with E-state index in [1.165, 1.54) is 7.05 Å². The van der Waals surface area contributed by atoms with Crippen LogP contribution >= 0.6 is 11.8 Å². The van der Waals surface area contributed by atoms with Crippen LogP contribution in [0, 0.1) is 0 Å². The average molecular weight is 621 g/mol. The number of carboxylic acid groups (broad SMARTS) is 1. The van der Waals surface area contributed by atoms with Crippen molar-refractivity contribution in [2.45, 2.75) is 24.4 Å². The maximum atomic E-state index is 12.4. The molecule has 1 heterocycles. The first-order valence-corrected chi connectivity index (χ1v) is 13.7. The first-order chi connectivity index (χ1) is 18.9. The van der Waals surface area contributed by atoms with Crippen molar-refractivity contribution in [2.75, 3.05) is 13.3 Å². The van der Waals surface area contributed by atoms with Crippen LogP contribution < -0.4 is 0 Å². The molecular weight excluding hydrogens is 600 g/mol. The molecule has 1 unspecified atom stereocenters. The summed E-state index contributed by atoms with van der Waals surface area (Å²) in [6.07, 6.45) is -7.56. The van der Waals surface area contributed by atoms with E-state index in [1.54, 1.807) is 12.1 Å². The molecular formula is C26H21ClF6N3O4S-. The predicted molar refractivity (Wildman–Crippen MR) is 143 cm³/mol. The number of rotatable bonds is 5. The molecule has 0 aromatic heterocycles. The van der Waals surface area contributed by atoms with Gasteiger partial charge in [0.2, 0.25) is 5.50 Å². The molecule has 0 saturated heterocycles. The summed E-state index contributed by atoms with van der Waals surface area (Å²) in [6, 6.07) is 14.2. The van der Waals surface area contributed by atoms with Gasteiger partial charge in [-0.3, -0.25) is 4.99 Å². The smallest absolute Gasteiger partial charge is 0.416 e. The van der Waals surface area contributed by atoms with E-state index >= 15 is 0 Å². The van der Waals surface area contributed by atoms with Crippen molar-refractivity contribution < 1.29 is 44.7 Å². The van der Waals surface area contributed by atoms with Gasteiger partial charge in [0, 0.05) is 29.8 Å². The molecule has 41 heavy (non-hydrogen) atoms. The minimum Gasteiger partial charge on any atom is -0.661 e. The fraction of sp³-hybridized carbons (Fsp3) is 0.231. The van der Waals surface area contributed by atoms with E-state index in [1.807, 2.05) is 30.3 Å². The van der Waals surface area contributed by atoms with Crippen molar-refractivity contribution in [1.82, 2.24) is 4.42 Å². The number of alkyl halides is 6. The molecule has 1 aliphatic rings. The first kappa shape index (κ1) is 31.9. The molecule has 0 saturated carbocycles. The highest BCUT2D eigenvalue weighted by Crippen LogP contribution is 2.37. The fourth-order valence-corrected chi connectivity index (χ4v) is 5.29. The van der Waals surface area contributed by atoms with Crippen LogP contribution in [0.25, 0.3) is 21.8 Å². The number of sulfone groups is 1. The van der Waals surface area contributed by atoms with Crippen LogP contribution in [0.3, 0.4) is 0 Å². The number of hydrogen-bond donors (Lipinski definition) is 1. The number of carbonyl (C=O) groups is 1. The molecule has 1 aliphatic heterocycles. The van der Waals surface area contributed by atoms with Crippen molar-refractivity contribution >= 4 is 50.3 Å². The Hall–Kier alpha value is -3.62. The van der Waals surface area contributed by atoms with Gasteiger partial charge in [-0.2, -0.15) is 33.4 Å². The summed E-state index contributed by atoms with van der Waals surface area (Å²) in [4.78, 5) is 15.4. The Kier molecular flexibility index (Phi) is 9.40. The van der Waals surface area contributed by atoms with E-state index in [0.717, 1.165) is 27.7 Å². The molecule has 1 atom stereocenters. The van der Waals surface area contributed by atoms with Crippen molar-refractivity contribution in [3.63, 3.8) is 0 Å². The first-order valence-electron chi connectivity index (χ1n) is 11.4. The van der Waals surface area contributed by atoms with Crippen LogP contribution in [0.15, 0.2) is 71.2 Å². The second kappa shape index (κ2) is 12.1. The summed E-state index contributed by atoms with van der Waals surface area (Å²) in [5, 5.41) is 14.6. The Morgan fingerprint density at radius 3 is 2.07 bits per heavy atom.